The summed E-state index contributed by atoms with van der Waals surface area (Å²) < 4.78 is 32.4. The Labute approximate surface area is 136 Å². The van der Waals surface area contributed by atoms with E-state index in [0.29, 0.717) is 11.1 Å². The van der Waals surface area contributed by atoms with Gasteiger partial charge in [-0.15, -0.1) is 0 Å². The van der Waals surface area contributed by atoms with Crippen LogP contribution in [0.4, 0.5) is 5.69 Å². The number of aryl methyl sites for hydroxylation is 1. The van der Waals surface area contributed by atoms with Crippen molar-refractivity contribution in [2.45, 2.75) is 11.8 Å². The average Bonchev–Trinajstić information content (AvgIpc) is 2.88. The van der Waals surface area contributed by atoms with Crippen LogP contribution in [0.3, 0.4) is 0 Å². The Morgan fingerprint density at radius 3 is 2.71 bits per heavy atom. The van der Waals surface area contributed by atoms with Crippen molar-refractivity contribution in [3.8, 4) is 0 Å². The van der Waals surface area contributed by atoms with Crippen molar-refractivity contribution < 1.29 is 17.6 Å². The van der Waals surface area contributed by atoms with Gasteiger partial charge in [0.05, 0.1) is 21.7 Å². The van der Waals surface area contributed by atoms with E-state index >= 15 is 0 Å². The molecular formula is C15H13N3O5S. The Morgan fingerprint density at radius 1 is 1.25 bits per heavy atom. The third kappa shape index (κ3) is 2.76. The quantitative estimate of drug-likeness (QED) is 0.654. The van der Waals surface area contributed by atoms with Crippen LogP contribution in [0.5, 0.6) is 0 Å². The smallest absolute Gasteiger partial charge is 0.408 e. The van der Waals surface area contributed by atoms with Crippen molar-refractivity contribution in [3.05, 3.63) is 58.1 Å². The summed E-state index contributed by atoms with van der Waals surface area (Å²) >= 11 is 0. The van der Waals surface area contributed by atoms with Gasteiger partial charge in [0.25, 0.3) is 15.9 Å². The van der Waals surface area contributed by atoms with Gasteiger partial charge in [0.1, 0.15) is 0 Å². The van der Waals surface area contributed by atoms with Crippen LogP contribution in [0.15, 0.2) is 50.5 Å². The normalized spacial score (nSPS) is 11.5. The summed E-state index contributed by atoms with van der Waals surface area (Å²) in [6, 6.07) is 8.64. The summed E-state index contributed by atoms with van der Waals surface area (Å²) in [7, 11) is -4.01. The second kappa shape index (κ2) is 5.53. The number of primary amides is 1. The van der Waals surface area contributed by atoms with Crippen molar-refractivity contribution >= 4 is 32.7 Å². The minimum atomic E-state index is -4.01. The largest absolute Gasteiger partial charge is 0.417 e. The SMILES string of the molecule is Cc1cccc(C(N)=O)c1NS(=O)(=O)c1ccc2[nH]c(=O)oc2c1. The molecule has 1 amide bonds. The maximum atomic E-state index is 12.6. The highest BCUT2D eigenvalue weighted by Crippen LogP contribution is 2.25. The van der Waals surface area contributed by atoms with E-state index in [9.17, 15) is 18.0 Å². The predicted molar refractivity (Wildman–Crippen MR) is 87.3 cm³/mol. The lowest BCUT2D eigenvalue weighted by atomic mass is 10.1. The van der Waals surface area contributed by atoms with Crippen LogP contribution in [-0.2, 0) is 10.0 Å². The summed E-state index contributed by atoms with van der Waals surface area (Å²) in [6.45, 7) is 1.65. The molecule has 0 atom stereocenters. The van der Waals surface area contributed by atoms with Crippen LogP contribution in [0.2, 0.25) is 0 Å². The first-order valence-electron chi connectivity index (χ1n) is 6.83. The lowest BCUT2D eigenvalue weighted by molar-refractivity contribution is 0.100. The van der Waals surface area contributed by atoms with E-state index < -0.39 is 21.7 Å². The maximum absolute atomic E-state index is 12.6. The maximum Gasteiger partial charge on any atom is 0.417 e. The fraction of sp³-hybridized carbons (Fsp3) is 0.0667. The van der Waals surface area contributed by atoms with Crippen LogP contribution in [-0.4, -0.2) is 19.3 Å². The Kier molecular flexibility index (Phi) is 3.64. The van der Waals surface area contributed by atoms with Gasteiger partial charge in [-0.25, -0.2) is 13.2 Å². The first kappa shape index (κ1) is 15.8. The van der Waals surface area contributed by atoms with Gasteiger partial charge in [-0.2, -0.15) is 0 Å². The molecule has 3 rings (SSSR count). The van der Waals surface area contributed by atoms with Crippen molar-refractivity contribution in [1.82, 2.24) is 4.98 Å². The number of nitrogens with one attached hydrogen (secondary N) is 2. The lowest BCUT2D eigenvalue weighted by Crippen LogP contribution is -2.19. The van der Waals surface area contributed by atoms with Crippen molar-refractivity contribution in [2.75, 3.05) is 4.72 Å². The fourth-order valence-electron chi connectivity index (χ4n) is 2.29. The van der Waals surface area contributed by atoms with Crippen LogP contribution in [0.25, 0.3) is 11.1 Å². The number of rotatable bonds is 4. The Morgan fingerprint density at radius 2 is 2.00 bits per heavy atom. The molecule has 0 aliphatic carbocycles. The molecule has 0 fully saturated rings. The molecule has 9 heteroatoms. The van der Waals surface area contributed by atoms with Gasteiger partial charge in [0.15, 0.2) is 5.58 Å². The van der Waals surface area contributed by atoms with Crippen molar-refractivity contribution in [3.63, 3.8) is 0 Å². The van der Waals surface area contributed by atoms with E-state index in [-0.39, 0.29) is 21.7 Å². The van der Waals surface area contributed by atoms with Crippen molar-refractivity contribution in [2.24, 2.45) is 5.73 Å². The summed E-state index contributed by atoms with van der Waals surface area (Å²) in [5.74, 6) is -1.43. The molecule has 8 nitrogen and oxygen atoms in total. The molecule has 0 bridgehead atoms. The lowest BCUT2D eigenvalue weighted by Gasteiger charge is -2.13. The number of hydrogen-bond acceptors (Lipinski definition) is 5. The number of fused-ring (bicyclic) bond motifs is 1. The van der Waals surface area contributed by atoms with Gasteiger partial charge >= 0.3 is 5.76 Å². The highest BCUT2D eigenvalue weighted by Gasteiger charge is 2.20. The molecule has 0 aliphatic heterocycles. The molecule has 0 saturated heterocycles. The van der Waals surface area contributed by atoms with Crippen molar-refractivity contribution in [1.29, 1.82) is 0 Å². The van der Waals surface area contributed by atoms with E-state index in [1.54, 1.807) is 19.1 Å². The zero-order valence-electron chi connectivity index (χ0n) is 12.5. The number of sulfonamides is 1. The number of anilines is 1. The van der Waals surface area contributed by atoms with E-state index in [4.69, 9.17) is 10.2 Å². The Hall–Kier alpha value is -3.07. The number of carbonyl (C=O) groups excluding carboxylic acids is 1. The van der Waals surface area contributed by atoms with Gasteiger partial charge in [-0.1, -0.05) is 12.1 Å². The number of H-pyrrole nitrogens is 1. The number of nitrogens with two attached hydrogens (primary N) is 1. The van der Waals surface area contributed by atoms with E-state index in [0.717, 1.165) is 0 Å². The number of amides is 1. The fourth-order valence-corrected chi connectivity index (χ4v) is 3.46. The third-order valence-corrected chi connectivity index (χ3v) is 4.82. The highest BCUT2D eigenvalue weighted by molar-refractivity contribution is 7.92. The van der Waals surface area contributed by atoms with E-state index in [1.165, 1.54) is 24.3 Å². The molecule has 124 valence electrons. The molecule has 0 unspecified atom stereocenters. The topological polar surface area (TPSA) is 135 Å². The summed E-state index contributed by atoms with van der Waals surface area (Å²) in [6.07, 6.45) is 0. The molecule has 24 heavy (non-hydrogen) atoms. The third-order valence-electron chi connectivity index (χ3n) is 3.48. The molecule has 1 aromatic heterocycles. The summed E-state index contributed by atoms with van der Waals surface area (Å²) in [5.41, 5.74) is 6.51. The van der Waals surface area contributed by atoms with Crippen LogP contribution in [0, 0.1) is 6.92 Å². The van der Waals surface area contributed by atoms with Gasteiger partial charge in [-0.3, -0.25) is 14.5 Å². The van der Waals surface area contributed by atoms with Crippen LogP contribution >= 0.6 is 0 Å². The van der Waals surface area contributed by atoms with Crippen LogP contribution in [0.1, 0.15) is 15.9 Å². The summed E-state index contributed by atoms with van der Waals surface area (Å²) in [5, 5.41) is 0. The molecule has 2 aromatic carbocycles. The molecule has 1 heterocycles. The van der Waals surface area contributed by atoms with E-state index in [1.807, 2.05) is 0 Å². The van der Waals surface area contributed by atoms with Crippen LogP contribution < -0.4 is 16.2 Å². The van der Waals surface area contributed by atoms with Gasteiger partial charge in [-0.05, 0) is 30.7 Å². The average molecular weight is 347 g/mol. The zero-order valence-corrected chi connectivity index (χ0v) is 13.3. The highest BCUT2D eigenvalue weighted by atomic mass is 32.2. The second-order valence-electron chi connectivity index (χ2n) is 5.14. The number of para-hydroxylation sites is 1. The second-order valence-corrected chi connectivity index (χ2v) is 6.82. The number of benzene rings is 2. The van der Waals surface area contributed by atoms with Gasteiger partial charge < -0.3 is 10.2 Å². The van der Waals surface area contributed by atoms with Gasteiger partial charge in [0, 0.05) is 6.07 Å². The molecule has 0 spiro atoms. The zero-order chi connectivity index (χ0) is 17.5. The molecule has 3 aromatic rings. The number of aromatic nitrogens is 1. The summed E-state index contributed by atoms with van der Waals surface area (Å²) in [4.78, 5) is 25.0. The standard InChI is InChI=1S/C15H13N3O5S/c1-8-3-2-4-10(14(16)19)13(8)18-24(21,22)9-5-6-11-12(7-9)23-15(20)17-11/h2-7,18H,1H3,(H2,16,19)(H,17,20). The monoisotopic (exact) mass is 347 g/mol. The first-order valence-corrected chi connectivity index (χ1v) is 8.31. The van der Waals surface area contributed by atoms with E-state index in [2.05, 4.69) is 9.71 Å². The number of oxazole rings is 1. The molecular weight excluding hydrogens is 334 g/mol. The number of hydrogen-bond donors (Lipinski definition) is 3. The minimum Gasteiger partial charge on any atom is -0.408 e. The first-order chi connectivity index (χ1) is 11.3. The Balaban J connectivity index is 2.08. The molecule has 4 N–H and O–H groups in total. The minimum absolute atomic E-state index is 0.0628. The predicted octanol–water partition coefficient (Wildman–Crippen LogP) is 1.33. The molecule has 0 saturated carbocycles. The Bertz CT molecular complexity index is 1110. The number of carbonyl (C=O) groups is 1. The van der Waals surface area contributed by atoms with Gasteiger partial charge in [0.2, 0.25) is 0 Å². The number of aromatic amines is 1. The molecule has 0 radical (unpaired) electrons. The molecule has 0 aliphatic rings.